The third kappa shape index (κ3) is 11.5. The van der Waals surface area contributed by atoms with E-state index in [1.807, 2.05) is 20.8 Å². The van der Waals surface area contributed by atoms with E-state index < -0.39 is 5.60 Å². The molecular weight excluding hydrogens is 433 g/mol. The summed E-state index contributed by atoms with van der Waals surface area (Å²) in [5.41, 5.74) is 5.38. The van der Waals surface area contributed by atoms with Crippen LogP contribution in [0.25, 0.3) is 0 Å². The number of halogens is 1. The van der Waals surface area contributed by atoms with Crippen molar-refractivity contribution in [1.82, 2.24) is 15.1 Å². The highest BCUT2D eigenvalue weighted by Gasteiger charge is 2.25. The van der Waals surface area contributed by atoms with Crippen molar-refractivity contribution < 1.29 is 9.53 Å². The molecule has 3 N–H and O–H groups in total. The van der Waals surface area contributed by atoms with Crippen molar-refractivity contribution in [1.29, 1.82) is 0 Å². The monoisotopic (exact) mass is 469 g/mol. The van der Waals surface area contributed by atoms with E-state index in [0.717, 1.165) is 52.2 Å². The molecule has 1 aliphatic rings. The normalized spacial score (nSPS) is 16.6. The quantitative estimate of drug-likeness (QED) is 0.270. The fourth-order valence-corrected chi connectivity index (χ4v) is 2.34. The molecule has 0 aromatic rings. The highest BCUT2D eigenvalue weighted by atomic mass is 127. The Kier molecular flexibility index (Phi) is 11.4. The molecule has 148 valence electrons. The maximum Gasteiger partial charge on any atom is 0.410 e. The van der Waals surface area contributed by atoms with Gasteiger partial charge in [-0.25, -0.2) is 4.79 Å². The van der Waals surface area contributed by atoms with E-state index >= 15 is 0 Å². The molecule has 0 atom stereocenters. The summed E-state index contributed by atoms with van der Waals surface area (Å²) in [6.07, 6.45) is 0.794. The van der Waals surface area contributed by atoms with E-state index in [9.17, 15) is 4.79 Å². The van der Waals surface area contributed by atoms with Gasteiger partial charge in [-0.2, -0.15) is 0 Å². The number of piperazine rings is 1. The Morgan fingerprint density at radius 1 is 1.24 bits per heavy atom. The van der Waals surface area contributed by atoms with Gasteiger partial charge in [0, 0.05) is 39.3 Å². The molecule has 0 aromatic heterocycles. The second-order valence-electron chi connectivity index (χ2n) is 7.71. The van der Waals surface area contributed by atoms with Gasteiger partial charge in [0.25, 0.3) is 0 Å². The molecule has 1 amide bonds. The van der Waals surface area contributed by atoms with Crippen LogP contribution < -0.4 is 11.1 Å². The third-order valence-corrected chi connectivity index (χ3v) is 3.61. The minimum absolute atomic E-state index is 0. The first kappa shape index (κ1) is 24.2. The number of carbonyl (C=O) groups is 1. The summed E-state index contributed by atoms with van der Waals surface area (Å²) in [6.45, 7) is 15.7. The lowest BCUT2D eigenvalue weighted by atomic mass is 10.2. The molecule has 7 nitrogen and oxygen atoms in total. The van der Waals surface area contributed by atoms with Crippen molar-refractivity contribution in [3.05, 3.63) is 0 Å². The number of carbonyl (C=O) groups excluding carboxylic acids is 1. The standard InChI is InChI=1S/C17H35N5O2.HI/c1-14(2)13-20-15(18)19-7-6-8-21-9-11-22(12-10-21)16(23)24-17(3,4)5;/h14H,6-13H2,1-5H3,(H3,18,19,20);1H. The van der Waals surface area contributed by atoms with Crippen molar-refractivity contribution in [2.75, 3.05) is 45.8 Å². The summed E-state index contributed by atoms with van der Waals surface area (Å²) in [7, 11) is 0. The van der Waals surface area contributed by atoms with E-state index in [4.69, 9.17) is 10.5 Å². The van der Waals surface area contributed by atoms with Crippen molar-refractivity contribution in [3.63, 3.8) is 0 Å². The van der Waals surface area contributed by atoms with Crippen molar-refractivity contribution in [2.24, 2.45) is 16.6 Å². The number of ether oxygens (including phenoxy) is 1. The maximum absolute atomic E-state index is 12.0. The van der Waals surface area contributed by atoms with Crippen LogP contribution >= 0.6 is 24.0 Å². The first-order valence-corrected chi connectivity index (χ1v) is 8.91. The molecule has 0 aliphatic carbocycles. The van der Waals surface area contributed by atoms with Crippen LogP contribution in [-0.2, 0) is 4.74 Å². The number of aliphatic imine (C=N–C) groups is 1. The smallest absolute Gasteiger partial charge is 0.410 e. The Labute approximate surface area is 169 Å². The number of nitrogens with one attached hydrogen (secondary N) is 1. The first-order valence-electron chi connectivity index (χ1n) is 8.91. The van der Waals surface area contributed by atoms with E-state index in [-0.39, 0.29) is 30.1 Å². The lowest BCUT2D eigenvalue weighted by Crippen LogP contribution is -2.50. The zero-order valence-electron chi connectivity index (χ0n) is 16.4. The number of amides is 1. The van der Waals surface area contributed by atoms with Crippen molar-refractivity contribution in [2.45, 2.75) is 46.6 Å². The zero-order valence-corrected chi connectivity index (χ0v) is 18.7. The molecule has 0 unspecified atom stereocenters. The number of guanidine groups is 1. The molecule has 1 saturated heterocycles. The van der Waals surface area contributed by atoms with Gasteiger partial charge >= 0.3 is 6.09 Å². The molecule has 0 saturated carbocycles. The van der Waals surface area contributed by atoms with Gasteiger partial charge in [0.15, 0.2) is 5.96 Å². The molecule has 0 aromatic carbocycles. The molecule has 1 rings (SSSR count). The van der Waals surface area contributed by atoms with Crippen LogP contribution in [0, 0.1) is 5.92 Å². The van der Waals surface area contributed by atoms with E-state index in [1.54, 1.807) is 4.90 Å². The first-order chi connectivity index (χ1) is 11.2. The van der Waals surface area contributed by atoms with Crippen LogP contribution in [0.4, 0.5) is 4.79 Å². The van der Waals surface area contributed by atoms with Crippen LogP contribution in [0.5, 0.6) is 0 Å². The second kappa shape index (κ2) is 11.8. The second-order valence-corrected chi connectivity index (χ2v) is 7.71. The third-order valence-electron chi connectivity index (χ3n) is 3.61. The van der Waals surface area contributed by atoms with Crippen molar-refractivity contribution in [3.8, 4) is 0 Å². The fourth-order valence-electron chi connectivity index (χ4n) is 2.34. The average Bonchev–Trinajstić information content (AvgIpc) is 2.48. The Hall–Kier alpha value is -0.770. The van der Waals surface area contributed by atoms with Gasteiger partial charge in [-0.3, -0.25) is 9.89 Å². The van der Waals surface area contributed by atoms with Gasteiger partial charge in [0.1, 0.15) is 5.60 Å². The number of nitrogens with two attached hydrogens (primary N) is 1. The van der Waals surface area contributed by atoms with Gasteiger partial charge < -0.3 is 20.7 Å². The Bertz CT molecular complexity index is 416. The van der Waals surface area contributed by atoms with E-state index in [1.165, 1.54) is 0 Å². The fraction of sp³-hybridized carbons (Fsp3) is 0.882. The molecule has 25 heavy (non-hydrogen) atoms. The Balaban J connectivity index is 0.00000576. The Morgan fingerprint density at radius 2 is 1.84 bits per heavy atom. The summed E-state index contributed by atoms with van der Waals surface area (Å²) in [5.74, 6) is 1.05. The number of rotatable bonds is 6. The number of nitrogens with zero attached hydrogens (tertiary/aromatic N) is 3. The van der Waals surface area contributed by atoms with Crippen LogP contribution in [0.2, 0.25) is 0 Å². The van der Waals surface area contributed by atoms with E-state index in [0.29, 0.717) is 11.9 Å². The minimum Gasteiger partial charge on any atom is -0.444 e. The summed E-state index contributed by atoms with van der Waals surface area (Å²) < 4.78 is 5.41. The van der Waals surface area contributed by atoms with Gasteiger partial charge in [-0.05, 0) is 39.7 Å². The van der Waals surface area contributed by atoms with Crippen LogP contribution in [0.15, 0.2) is 4.99 Å². The molecule has 1 aliphatic heterocycles. The largest absolute Gasteiger partial charge is 0.444 e. The zero-order chi connectivity index (χ0) is 18.2. The van der Waals surface area contributed by atoms with Crippen LogP contribution in [0.1, 0.15) is 41.0 Å². The highest BCUT2D eigenvalue weighted by Crippen LogP contribution is 2.11. The van der Waals surface area contributed by atoms with Gasteiger partial charge in [0.05, 0.1) is 0 Å². The summed E-state index contributed by atoms with van der Waals surface area (Å²) >= 11 is 0. The SMILES string of the molecule is CC(C)CN=C(N)NCCCN1CCN(C(=O)OC(C)(C)C)CC1.I. The summed E-state index contributed by atoms with van der Waals surface area (Å²) in [5, 5.41) is 3.15. The maximum atomic E-state index is 12.0. The average molecular weight is 469 g/mol. The Morgan fingerprint density at radius 3 is 2.36 bits per heavy atom. The molecule has 0 radical (unpaired) electrons. The van der Waals surface area contributed by atoms with Crippen molar-refractivity contribution >= 4 is 36.0 Å². The predicted molar refractivity (Wildman–Crippen MR) is 114 cm³/mol. The molecule has 1 fully saturated rings. The molecular formula is C17H36IN5O2. The highest BCUT2D eigenvalue weighted by molar-refractivity contribution is 14.0. The molecule has 0 bridgehead atoms. The van der Waals surface area contributed by atoms with E-state index in [2.05, 4.69) is 29.1 Å². The summed E-state index contributed by atoms with van der Waals surface area (Å²) in [6, 6.07) is 0. The van der Waals surface area contributed by atoms with Gasteiger partial charge in [0.2, 0.25) is 0 Å². The number of hydrogen-bond donors (Lipinski definition) is 2. The summed E-state index contributed by atoms with van der Waals surface area (Å²) in [4.78, 5) is 20.4. The molecule has 8 heteroatoms. The minimum atomic E-state index is -0.434. The molecule has 1 heterocycles. The van der Waals surface area contributed by atoms with Gasteiger partial charge in [-0.15, -0.1) is 24.0 Å². The lowest BCUT2D eigenvalue weighted by molar-refractivity contribution is 0.0145. The molecule has 0 spiro atoms. The van der Waals surface area contributed by atoms with Crippen LogP contribution in [0.3, 0.4) is 0 Å². The number of hydrogen-bond acceptors (Lipinski definition) is 4. The lowest BCUT2D eigenvalue weighted by Gasteiger charge is -2.35. The predicted octanol–water partition coefficient (Wildman–Crippen LogP) is 2.11. The van der Waals surface area contributed by atoms with Gasteiger partial charge in [-0.1, -0.05) is 13.8 Å². The van der Waals surface area contributed by atoms with Crippen LogP contribution in [-0.4, -0.2) is 73.3 Å². The topological polar surface area (TPSA) is 83.2 Å².